The molecule has 0 aromatic heterocycles. The van der Waals surface area contributed by atoms with Crippen molar-refractivity contribution in [2.24, 2.45) is 40.7 Å². The van der Waals surface area contributed by atoms with Gasteiger partial charge in [0, 0.05) is 63.4 Å². The summed E-state index contributed by atoms with van der Waals surface area (Å²) in [6.45, 7) is 9.08. The Bertz CT molecular complexity index is 4170. The third-order valence-corrected chi connectivity index (χ3v) is 21.0. The van der Waals surface area contributed by atoms with Gasteiger partial charge in [0.1, 0.15) is 90.6 Å². The zero-order valence-corrected chi connectivity index (χ0v) is 75.5. The molecule has 53 nitrogen and oxygen atoms in total. The average molecular weight is 1920 g/mol. The highest BCUT2D eigenvalue weighted by Gasteiger charge is 2.45. The lowest BCUT2D eigenvalue weighted by molar-refractivity contribution is -0.145. The Morgan fingerprint density at radius 1 is 0.348 bits per heavy atom. The molecule has 32 N–H and O–H groups in total. The molecule has 16 amide bonds. The highest BCUT2D eigenvalue weighted by atomic mass is 32.1. The summed E-state index contributed by atoms with van der Waals surface area (Å²) < 4.78 is 0. The summed E-state index contributed by atoms with van der Waals surface area (Å²) in [6, 6.07) is -27.6. The highest BCUT2D eigenvalue weighted by molar-refractivity contribution is 7.80. The van der Waals surface area contributed by atoms with Crippen LogP contribution in [0.1, 0.15) is 176 Å². The third-order valence-electron chi connectivity index (χ3n) is 20.3. The number of primary amides is 1. The van der Waals surface area contributed by atoms with Crippen molar-refractivity contribution in [2.75, 3.05) is 37.7 Å². The van der Waals surface area contributed by atoms with Crippen LogP contribution in [0.15, 0.2) is 0 Å². The number of carbonyl (C=O) groups is 23. The van der Waals surface area contributed by atoms with Crippen molar-refractivity contribution in [1.29, 1.82) is 10.8 Å². The van der Waals surface area contributed by atoms with Gasteiger partial charge in [-0.05, 0) is 108 Å². The van der Waals surface area contributed by atoms with E-state index in [1.54, 1.807) is 27.7 Å². The second kappa shape index (κ2) is 57.9. The van der Waals surface area contributed by atoms with Crippen LogP contribution in [-0.2, 0) is 110 Å². The van der Waals surface area contributed by atoms with Gasteiger partial charge in [0.2, 0.25) is 94.5 Å². The van der Waals surface area contributed by atoms with Gasteiger partial charge in [-0.15, -0.1) is 0 Å². The molecule has 0 aromatic rings. The molecule has 0 aliphatic carbocycles. The Morgan fingerprint density at radius 3 is 1.03 bits per heavy atom. The summed E-state index contributed by atoms with van der Waals surface area (Å²) in [4.78, 5) is 309. The monoisotopic (exact) mass is 1920 g/mol. The van der Waals surface area contributed by atoms with Crippen molar-refractivity contribution in [3.63, 3.8) is 0 Å². The van der Waals surface area contributed by atoms with Gasteiger partial charge in [0.25, 0.3) is 0 Å². The van der Waals surface area contributed by atoms with Crippen molar-refractivity contribution in [1.82, 2.24) is 89.6 Å². The van der Waals surface area contributed by atoms with Crippen LogP contribution in [0.4, 0.5) is 0 Å². The Hall–Kier alpha value is -13.0. The van der Waals surface area contributed by atoms with E-state index in [0.29, 0.717) is 0 Å². The summed E-state index contributed by atoms with van der Waals surface area (Å²) in [6.07, 6.45) is -9.55. The van der Waals surface area contributed by atoms with E-state index < -0.39 is 339 Å². The minimum atomic E-state index is -2.10. The molecule has 0 bridgehead atoms. The number of hydrogen-bond donors (Lipinski definition) is 30. The van der Waals surface area contributed by atoms with Crippen LogP contribution in [0.3, 0.4) is 0 Å². The average Bonchev–Trinajstić information content (AvgIpc) is 1.78. The van der Waals surface area contributed by atoms with E-state index in [4.69, 9.17) is 38.9 Å². The van der Waals surface area contributed by atoms with Crippen molar-refractivity contribution < 1.29 is 146 Å². The number of rotatable bonds is 62. The van der Waals surface area contributed by atoms with E-state index >= 15 is 0 Å². The summed E-state index contributed by atoms with van der Waals surface area (Å²) in [5, 5.41) is 117. The van der Waals surface area contributed by atoms with Crippen molar-refractivity contribution >= 4 is 173 Å². The number of carbonyl (C=O) groups excluding carboxylic acids is 16. The van der Waals surface area contributed by atoms with Gasteiger partial charge < -0.3 is 148 Å². The number of carboxylic acid groups (broad SMARTS) is 7. The van der Waals surface area contributed by atoms with Crippen molar-refractivity contribution in [3.05, 3.63) is 0 Å². The molecule has 0 unspecified atom stereocenters. The number of carboxylic acids is 7. The number of nitrogens with one attached hydrogen (secondary N) is 17. The molecule has 0 spiro atoms. The van der Waals surface area contributed by atoms with Gasteiger partial charge in [-0.2, -0.15) is 25.3 Å². The number of amides is 16. The second-order valence-corrected chi connectivity index (χ2v) is 33.2. The first-order valence-electron chi connectivity index (χ1n) is 42.2. The maximum atomic E-state index is 14.6. The van der Waals surface area contributed by atoms with Gasteiger partial charge >= 0.3 is 41.8 Å². The maximum absolute atomic E-state index is 14.6. The van der Waals surface area contributed by atoms with Crippen molar-refractivity contribution in [3.8, 4) is 0 Å². The van der Waals surface area contributed by atoms with Gasteiger partial charge in [-0.25, -0.2) is 4.79 Å². The maximum Gasteiger partial charge on any atom is 0.326 e. The van der Waals surface area contributed by atoms with Gasteiger partial charge in [-0.3, -0.25) is 116 Å². The zero-order valence-electron chi connectivity index (χ0n) is 73.7. The number of thiol groups is 2. The predicted octanol–water partition coefficient (Wildman–Crippen LogP) is -8.90. The van der Waals surface area contributed by atoms with Crippen LogP contribution >= 0.6 is 25.3 Å². The molecule has 2 aliphatic rings. The zero-order chi connectivity index (χ0) is 100. The minimum absolute atomic E-state index is 0.00726. The number of nitrogens with two attached hydrogens (primary N) is 4. The smallest absolute Gasteiger partial charge is 0.326 e. The highest BCUT2D eigenvalue weighted by Crippen LogP contribution is 2.24. The normalized spacial score (nSPS) is 16.6. The van der Waals surface area contributed by atoms with Crippen LogP contribution in [0.25, 0.3) is 0 Å². The van der Waals surface area contributed by atoms with E-state index in [-0.39, 0.29) is 96.3 Å². The topological polar surface area (TPSA) is 873 Å². The van der Waals surface area contributed by atoms with Gasteiger partial charge in [0.15, 0.2) is 11.9 Å². The molecular formula is C77H125N23O30S2. The fraction of sp³-hybridized carbons (Fsp3) is 0.675. The Labute approximate surface area is 768 Å². The third kappa shape index (κ3) is 42.3. The molecule has 2 aliphatic heterocycles. The van der Waals surface area contributed by atoms with E-state index in [0.717, 1.165) is 9.80 Å². The Balaban J connectivity index is 2.51. The summed E-state index contributed by atoms with van der Waals surface area (Å²) in [5.74, 6) is -33.2. The standard InChI is InChI=1S/C77H125N23O30S2/c1-34(2)27-37(78)60(114)90-42(17-21-55(106)107)73(127)99-25-9-13-50(99)70(124)89-39(12-8-24-85-77(82)83)62(116)86-38(11-7-23-84-76(80)81)61(115)87-41(16-20-54(104)105)64(118)98-59(36(5)6)72(126)97-49(33-132)68(122)88-40(15-19-53(102)103)63(117)92-44(28-35(3)4)65(119)95-47(29-52(79)101)74(128)100-26-10-14-51(100)71(125)94-46(31-58(112)113)67(121)96-48(32-131)69(123)93-45(30-57(110)111)66(120)91-43(75(129)130)18-22-56(108)109/h34-51,59,131-132H,7-33,78H2,1-6H3,(H2,79,101)(H,86,116)(H,87,115)(H,88,122)(H,89,124)(H,90,114)(H,91,120)(H,92,117)(H,93,123)(H,94,125)(H,95,119)(H,96,121)(H,97,126)(H,98,118)(H,102,103)(H,104,105)(H,106,107)(H,108,109)(H,110,111)(H,112,113)(H,129,130)(H4,80,81,84)(H4,82,83,85)/t37-,38-,39-,40-,41-,42-,43-,44-,45-,46-,47-,48-,49-,50-,51-,59-/m0/s1. The first-order valence-corrected chi connectivity index (χ1v) is 43.5. The molecule has 2 saturated heterocycles. The van der Waals surface area contributed by atoms with Crippen molar-refractivity contribution in [2.45, 2.75) is 273 Å². The van der Waals surface area contributed by atoms with Crippen LogP contribution < -0.4 is 103 Å². The molecule has 2 fully saturated rings. The number of hydrogen-bond acceptors (Lipinski definition) is 28. The molecule has 0 radical (unpaired) electrons. The predicted molar refractivity (Wildman–Crippen MR) is 466 cm³/mol. The van der Waals surface area contributed by atoms with Crippen LogP contribution in [0, 0.1) is 28.6 Å². The van der Waals surface area contributed by atoms with Crippen LogP contribution in [0.5, 0.6) is 0 Å². The number of likely N-dealkylation sites (tertiary alicyclic amines) is 2. The van der Waals surface area contributed by atoms with Crippen LogP contribution in [-0.4, -0.2) is 328 Å². The lowest BCUT2D eigenvalue weighted by Gasteiger charge is -2.31. The molecule has 0 saturated carbocycles. The summed E-state index contributed by atoms with van der Waals surface area (Å²) in [7, 11) is 0. The lowest BCUT2D eigenvalue weighted by Crippen LogP contribution is -2.62. The second-order valence-electron chi connectivity index (χ2n) is 32.5. The first-order chi connectivity index (χ1) is 61.7. The van der Waals surface area contributed by atoms with Gasteiger partial charge in [-0.1, -0.05) is 41.5 Å². The van der Waals surface area contributed by atoms with Gasteiger partial charge in [0.05, 0.1) is 25.3 Å². The molecule has 2 rings (SSSR count). The first kappa shape index (κ1) is 115. The number of aliphatic carboxylic acids is 7. The molecule has 16 atom stereocenters. The van der Waals surface area contributed by atoms with E-state index in [1.165, 1.54) is 13.8 Å². The molecule has 2 heterocycles. The largest absolute Gasteiger partial charge is 0.481 e. The molecule has 132 heavy (non-hydrogen) atoms. The summed E-state index contributed by atoms with van der Waals surface area (Å²) >= 11 is 8.22. The fourth-order valence-corrected chi connectivity index (χ4v) is 14.2. The molecule has 55 heteroatoms. The molecule has 740 valence electrons. The van der Waals surface area contributed by atoms with E-state index in [1.807, 2.05) is 10.6 Å². The summed E-state index contributed by atoms with van der Waals surface area (Å²) in [5.41, 5.74) is 22.6. The van der Waals surface area contributed by atoms with E-state index in [9.17, 15) is 141 Å². The SMILES string of the molecule is CC(C)C[C@H](NC(=O)[C@H](CCC(=O)O)NC(=O)[C@H](CS)NC(=O)[C@@H](NC(=O)[C@H](CCC(=O)O)NC(=O)[C@H](CCCNC(=N)N)NC(=O)[C@H](CCCNC(=N)N)NC(=O)[C@@H]1CCCN1C(=O)[C@H](CCC(=O)O)NC(=O)[C@@H](N)CC(C)C)C(C)C)C(=O)N[C@@H](CC(N)=O)C(=O)N1CCC[C@H]1C(=O)N[C@@H](CC(=O)O)C(=O)N[C@@H](CS)C(=O)N[C@@H](CC(=O)O)C(=O)N[C@@H](CCC(=O)O)C(=O)O. The molecular weight excluding hydrogens is 1790 g/mol. The number of nitrogens with zero attached hydrogens (tertiary/aromatic N) is 2. The Morgan fingerprint density at radius 2 is 0.652 bits per heavy atom. The quantitative estimate of drug-likeness (QED) is 0.0116. The lowest BCUT2D eigenvalue weighted by atomic mass is 10.0. The molecule has 0 aromatic carbocycles. The van der Waals surface area contributed by atoms with Crippen LogP contribution in [0.2, 0.25) is 0 Å². The number of guanidine groups is 2. The van der Waals surface area contributed by atoms with E-state index in [2.05, 4.69) is 94.4 Å². The minimum Gasteiger partial charge on any atom is -0.481 e. The Kier molecular flexibility index (Phi) is 50.5. The fourth-order valence-electron chi connectivity index (χ4n) is 13.6.